The van der Waals surface area contributed by atoms with Crippen LogP contribution in [0, 0.1) is 6.92 Å². The molecule has 2 aromatic carbocycles. The van der Waals surface area contributed by atoms with E-state index < -0.39 is 0 Å². The van der Waals surface area contributed by atoms with Crippen molar-refractivity contribution in [3.05, 3.63) is 53.6 Å². The molecule has 1 saturated heterocycles. The summed E-state index contributed by atoms with van der Waals surface area (Å²) in [5.41, 5.74) is 2.97. The molecule has 3 rings (SSSR count). The zero-order valence-corrected chi connectivity index (χ0v) is 13.7. The van der Waals surface area contributed by atoms with E-state index in [2.05, 4.69) is 10.2 Å². The number of carbonyl (C=O) groups excluding carboxylic acids is 1. The summed E-state index contributed by atoms with van der Waals surface area (Å²) in [6, 6.07) is 12.5. The topological polar surface area (TPSA) is 72.8 Å². The molecule has 5 heteroatoms. The van der Waals surface area contributed by atoms with Gasteiger partial charge in [0.25, 0.3) is 5.91 Å². The summed E-state index contributed by atoms with van der Waals surface area (Å²) in [7, 11) is 0. The molecule has 0 aliphatic carbocycles. The number of amides is 1. The van der Waals surface area contributed by atoms with Crippen LogP contribution < -0.4 is 10.2 Å². The number of aliphatic hydroxyl groups is 1. The number of hydrogen-bond acceptors (Lipinski definition) is 4. The molecule has 0 radical (unpaired) electrons. The Labute approximate surface area is 141 Å². The molecule has 1 heterocycles. The minimum Gasteiger partial charge on any atom is -0.506 e. The zero-order valence-electron chi connectivity index (χ0n) is 13.7. The molecule has 0 bridgehead atoms. The van der Waals surface area contributed by atoms with Gasteiger partial charge in [-0.3, -0.25) is 4.79 Å². The number of hydrogen-bond donors (Lipinski definition) is 3. The molecule has 0 unspecified atom stereocenters. The fraction of sp³-hybridized carbons (Fsp3) is 0.316. The maximum absolute atomic E-state index is 12.3. The summed E-state index contributed by atoms with van der Waals surface area (Å²) in [6.07, 6.45) is 1.34. The predicted molar refractivity (Wildman–Crippen MR) is 94.7 cm³/mol. The summed E-state index contributed by atoms with van der Waals surface area (Å²) < 4.78 is 0. The number of phenolic OH excluding ortho intramolecular Hbond substituents is 1. The second kappa shape index (κ2) is 6.93. The Hall–Kier alpha value is -2.53. The first-order valence-corrected chi connectivity index (χ1v) is 8.17. The number of phenols is 1. The smallest absolute Gasteiger partial charge is 0.255 e. The van der Waals surface area contributed by atoms with Crippen molar-refractivity contribution in [2.45, 2.75) is 25.9 Å². The van der Waals surface area contributed by atoms with Gasteiger partial charge in [0.2, 0.25) is 0 Å². The first-order chi connectivity index (χ1) is 11.5. The number of anilines is 2. The van der Waals surface area contributed by atoms with E-state index in [1.54, 1.807) is 30.3 Å². The fourth-order valence-electron chi connectivity index (χ4n) is 2.89. The number of rotatable bonds is 3. The molecule has 5 nitrogen and oxygen atoms in total. The van der Waals surface area contributed by atoms with E-state index in [-0.39, 0.29) is 17.8 Å². The molecular formula is C19H22N2O3. The Kier molecular flexibility index (Phi) is 4.71. The number of aliphatic hydroxyl groups excluding tert-OH is 1. The molecule has 3 N–H and O–H groups in total. The Morgan fingerprint density at radius 2 is 1.79 bits per heavy atom. The molecule has 126 valence electrons. The van der Waals surface area contributed by atoms with Gasteiger partial charge in [-0.05, 0) is 61.7 Å². The summed E-state index contributed by atoms with van der Waals surface area (Å²) in [5, 5.41) is 22.1. The largest absolute Gasteiger partial charge is 0.506 e. The molecule has 1 amide bonds. The third-order valence-electron chi connectivity index (χ3n) is 4.36. The molecule has 0 spiro atoms. The quantitative estimate of drug-likeness (QED) is 0.758. The minimum atomic E-state index is -0.253. The van der Waals surface area contributed by atoms with Crippen LogP contribution in [0.4, 0.5) is 11.4 Å². The Bertz CT molecular complexity index is 720. The van der Waals surface area contributed by atoms with Gasteiger partial charge < -0.3 is 20.4 Å². The number of carbonyl (C=O) groups is 1. The number of benzene rings is 2. The average Bonchev–Trinajstić information content (AvgIpc) is 2.59. The van der Waals surface area contributed by atoms with Gasteiger partial charge in [0.1, 0.15) is 5.75 Å². The van der Waals surface area contributed by atoms with Crippen molar-refractivity contribution in [1.82, 2.24) is 0 Å². The van der Waals surface area contributed by atoms with E-state index in [0.717, 1.165) is 37.2 Å². The molecule has 1 fully saturated rings. The number of piperidine rings is 1. The van der Waals surface area contributed by atoms with Crippen LogP contribution in [-0.2, 0) is 0 Å². The van der Waals surface area contributed by atoms with E-state index >= 15 is 0 Å². The lowest BCUT2D eigenvalue weighted by molar-refractivity contribution is 0.102. The molecule has 2 aromatic rings. The first-order valence-electron chi connectivity index (χ1n) is 8.17. The molecule has 0 atom stereocenters. The first kappa shape index (κ1) is 16.3. The van der Waals surface area contributed by atoms with Gasteiger partial charge in [-0.15, -0.1) is 0 Å². The Balaban J connectivity index is 1.68. The average molecular weight is 326 g/mol. The van der Waals surface area contributed by atoms with Crippen LogP contribution in [0.2, 0.25) is 0 Å². The maximum Gasteiger partial charge on any atom is 0.255 e. The SMILES string of the molecule is Cc1ccc(O)c(NC(=O)c2ccc(N3CCC(O)CC3)cc2)c1. The fourth-order valence-corrected chi connectivity index (χ4v) is 2.89. The van der Waals surface area contributed by atoms with Gasteiger partial charge in [-0.1, -0.05) is 6.07 Å². The van der Waals surface area contributed by atoms with Crippen LogP contribution in [0.3, 0.4) is 0 Å². The van der Waals surface area contributed by atoms with E-state index in [1.807, 2.05) is 19.1 Å². The van der Waals surface area contributed by atoms with Crippen LogP contribution in [0.5, 0.6) is 5.75 Å². The third-order valence-corrected chi connectivity index (χ3v) is 4.36. The van der Waals surface area contributed by atoms with Gasteiger partial charge in [-0.2, -0.15) is 0 Å². The van der Waals surface area contributed by atoms with E-state index in [0.29, 0.717) is 11.3 Å². The van der Waals surface area contributed by atoms with Crippen LogP contribution in [-0.4, -0.2) is 35.3 Å². The third kappa shape index (κ3) is 3.68. The summed E-state index contributed by atoms with van der Waals surface area (Å²) >= 11 is 0. The molecule has 24 heavy (non-hydrogen) atoms. The number of aromatic hydroxyl groups is 1. The Morgan fingerprint density at radius 1 is 1.12 bits per heavy atom. The lowest BCUT2D eigenvalue weighted by Gasteiger charge is -2.31. The lowest BCUT2D eigenvalue weighted by atomic mass is 10.1. The van der Waals surface area contributed by atoms with Crippen molar-refractivity contribution in [1.29, 1.82) is 0 Å². The van der Waals surface area contributed by atoms with E-state index in [9.17, 15) is 15.0 Å². The summed E-state index contributed by atoms with van der Waals surface area (Å²) in [5.74, 6) is -0.200. The number of nitrogens with zero attached hydrogens (tertiary/aromatic N) is 1. The van der Waals surface area contributed by atoms with Crippen molar-refractivity contribution >= 4 is 17.3 Å². The molecule has 1 aliphatic rings. The zero-order chi connectivity index (χ0) is 17.1. The van der Waals surface area contributed by atoms with Gasteiger partial charge in [0, 0.05) is 24.3 Å². The second-order valence-electron chi connectivity index (χ2n) is 6.24. The minimum absolute atomic E-state index is 0.0532. The monoisotopic (exact) mass is 326 g/mol. The molecule has 0 saturated carbocycles. The van der Waals surface area contributed by atoms with Crippen LogP contribution in [0.1, 0.15) is 28.8 Å². The Morgan fingerprint density at radius 3 is 2.46 bits per heavy atom. The van der Waals surface area contributed by atoms with Crippen molar-refractivity contribution in [2.75, 3.05) is 23.3 Å². The predicted octanol–water partition coefficient (Wildman–Crippen LogP) is 2.91. The highest BCUT2D eigenvalue weighted by molar-refractivity contribution is 6.05. The van der Waals surface area contributed by atoms with Crippen molar-refractivity contribution in [2.24, 2.45) is 0 Å². The lowest BCUT2D eigenvalue weighted by Crippen LogP contribution is -2.35. The van der Waals surface area contributed by atoms with Gasteiger partial charge in [-0.25, -0.2) is 0 Å². The standard InChI is InChI=1S/C19H22N2O3/c1-13-2-7-18(23)17(12-13)20-19(24)14-3-5-15(6-4-14)21-10-8-16(22)9-11-21/h2-7,12,16,22-23H,8-11H2,1H3,(H,20,24). The van der Waals surface area contributed by atoms with Crippen molar-refractivity contribution in [3.63, 3.8) is 0 Å². The number of aryl methyl sites for hydroxylation is 1. The van der Waals surface area contributed by atoms with Crippen LogP contribution in [0.25, 0.3) is 0 Å². The molecular weight excluding hydrogens is 304 g/mol. The summed E-state index contributed by atoms with van der Waals surface area (Å²) in [4.78, 5) is 14.5. The van der Waals surface area contributed by atoms with E-state index in [1.165, 1.54) is 0 Å². The highest BCUT2D eigenvalue weighted by atomic mass is 16.3. The highest BCUT2D eigenvalue weighted by Crippen LogP contribution is 2.25. The van der Waals surface area contributed by atoms with Crippen molar-refractivity contribution < 1.29 is 15.0 Å². The van der Waals surface area contributed by atoms with Gasteiger partial charge >= 0.3 is 0 Å². The molecule has 1 aliphatic heterocycles. The second-order valence-corrected chi connectivity index (χ2v) is 6.24. The van der Waals surface area contributed by atoms with Gasteiger partial charge in [0.05, 0.1) is 11.8 Å². The van der Waals surface area contributed by atoms with Gasteiger partial charge in [0.15, 0.2) is 0 Å². The van der Waals surface area contributed by atoms with Crippen molar-refractivity contribution in [3.8, 4) is 5.75 Å². The normalized spacial score (nSPS) is 15.3. The maximum atomic E-state index is 12.3. The van der Waals surface area contributed by atoms with Crippen LogP contribution in [0.15, 0.2) is 42.5 Å². The highest BCUT2D eigenvalue weighted by Gasteiger charge is 2.17. The van der Waals surface area contributed by atoms with E-state index in [4.69, 9.17) is 0 Å². The molecule has 0 aromatic heterocycles. The summed E-state index contributed by atoms with van der Waals surface area (Å²) in [6.45, 7) is 3.55. The number of nitrogens with one attached hydrogen (secondary N) is 1. The van der Waals surface area contributed by atoms with Crippen LogP contribution >= 0.6 is 0 Å².